The van der Waals surface area contributed by atoms with Crippen molar-refractivity contribution in [3.8, 4) is 0 Å². The van der Waals surface area contributed by atoms with Gasteiger partial charge < -0.3 is 0 Å². The van der Waals surface area contributed by atoms with E-state index in [0.717, 1.165) is 5.92 Å². The van der Waals surface area contributed by atoms with Crippen molar-refractivity contribution < 1.29 is 0 Å². The van der Waals surface area contributed by atoms with E-state index in [1.807, 2.05) is 0 Å². The number of hydrogen-bond donors (Lipinski definition) is 0. The highest BCUT2D eigenvalue weighted by molar-refractivity contribution is 4.95. The van der Waals surface area contributed by atoms with Crippen molar-refractivity contribution in [1.29, 1.82) is 0 Å². The van der Waals surface area contributed by atoms with Crippen molar-refractivity contribution in [3.05, 3.63) is 12.2 Å². The maximum atomic E-state index is 4.30. The third-order valence-corrected chi connectivity index (χ3v) is 4.57. The van der Waals surface area contributed by atoms with Gasteiger partial charge in [-0.2, -0.15) is 0 Å². The lowest BCUT2D eigenvalue weighted by Crippen LogP contribution is -1.97. The molecule has 0 heteroatoms. The van der Waals surface area contributed by atoms with E-state index in [0.29, 0.717) is 0 Å². The zero-order chi connectivity index (χ0) is 15.8. The lowest BCUT2D eigenvalue weighted by molar-refractivity contribution is 0.473. The van der Waals surface area contributed by atoms with Crippen LogP contribution in [0.25, 0.3) is 0 Å². The molecule has 0 heterocycles. The lowest BCUT2D eigenvalue weighted by Gasteiger charge is -2.13. The van der Waals surface area contributed by atoms with E-state index < -0.39 is 0 Å². The average molecular weight is 295 g/mol. The van der Waals surface area contributed by atoms with Crippen molar-refractivity contribution in [2.75, 3.05) is 0 Å². The van der Waals surface area contributed by atoms with E-state index in [9.17, 15) is 0 Å². The van der Waals surface area contributed by atoms with Crippen molar-refractivity contribution in [2.45, 2.75) is 117 Å². The number of allylic oxidation sites excluding steroid dienone is 1. The molecule has 126 valence electrons. The van der Waals surface area contributed by atoms with Gasteiger partial charge in [-0.15, -0.1) is 0 Å². The van der Waals surface area contributed by atoms with Gasteiger partial charge in [0.05, 0.1) is 0 Å². The minimum atomic E-state index is 0.851. The molecule has 0 radical (unpaired) electrons. The Morgan fingerprint density at radius 3 is 1.76 bits per heavy atom. The van der Waals surface area contributed by atoms with Crippen molar-refractivity contribution >= 4 is 0 Å². The highest BCUT2D eigenvalue weighted by Crippen LogP contribution is 2.21. The largest absolute Gasteiger partial charge is 0.0999 e. The van der Waals surface area contributed by atoms with Crippen molar-refractivity contribution in [2.24, 2.45) is 5.92 Å². The second-order valence-electron chi connectivity index (χ2n) is 7.13. The molecular formula is C21H42. The first-order valence-corrected chi connectivity index (χ1v) is 9.87. The summed E-state index contributed by atoms with van der Waals surface area (Å²) >= 11 is 0. The van der Waals surface area contributed by atoms with Crippen LogP contribution in [-0.4, -0.2) is 0 Å². The third kappa shape index (κ3) is 15.9. The van der Waals surface area contributed by atoms with Gasteiger partial charge in [0.15, 0.2) is 0 Å². The highest BCUT2D eigenvalue weighted by Gasteiger charge is 2.04. The molecule has 0 nitrogen and oxygen atoms in total. The predicted octanol–water partition coefficient (Wildman–Crippen LogP) is 8.07. The smallest absolute Gasteiger partial charge is 0.0297 e. The summed E-state index contributed by atoms with van der Waals surface area (Å²) < 4.78 is 0. The summed E-state index contributed by atoms with van der Waals surface area (Å²) in [5.41, 5.74) is 1.50. The predicted molar refractivity (Wildman–Crippen MR) is 98.9 cm³/mol. The first-order valence-electron chi connectivity index (χ1n) is 9.87. The Morgan fingerprint density at radius 1 is 0.714 bits per heavy atom. The summed E-state index contributed by atoms with van der Waals surface area (Å²) in [5.74, 6) is 0.851. The Balaban J connectivity index is 3.35. The average Bonchev–Trinajstić information content (AvgIpc) is 2.46. The fourth-order valence-electron chi connectivity index (χ4n) is 3.13. The maximum absolute atomic E-state index is 4.30. The Bertz CT molecular complexity index is 216. The summed E-state index contributed by atoms with van der Waals surface area (Å²) in [4.78, 5) is 0. The summed E-state index contributed by atoms with van der Waals surface area (Å²) in [5, 5.41) is 0. The topological polar surface area (TPSA) is 0 Å². The Hall–Kier alpha value is -0.260. The summed E-state index contributed by atoms with van der Waals surface area (Å²) in [6, 6.07) is 0. The minimum Gasteiger partial charge on any atom is -0.0999 e. The van der Waals surface area contributed by atoms with Gasteiger partial charge in [-0.25, -0.2) is 0 Å². The van der Waals surface area contributed by atoms with Gasteiger partial charge in [0.1, 0.15) is 0 Å². The molecule has 0 spiro atoms. The monoisotopic (exact) mass is 294 g/mol. The van der Waals surface area contributed by atoms with E-state index in [1.54, 1.807) is 0 Å². The van der Waals surface area contributed by atoms with Crippen LogP contribution in [0, 0.1) is 5.92 Å². The quantitative estimate of drug-likeness (QED) is 0.199. The molecule has 0 aliphatic rings. The van der Waals surface area contributed by atoms with Crippen LogP contribution in [0.3, 0.4) is 0 Å². The molecular weight excluding hydrogens is 252 g/mol. The number of unbranched alkanes of at least 4 members (excludes halogenated alkanes) is 10. The van der Waals surface area contributed by atoms with Gasteiger partial charge in [-0.1, -0.05) is 110 Å². The molecule has 0 aromatic rings. The van der Waals surface area contributed by atoms with Crippen LogP contribution in [0.5, 0.6) is 0 Å². The van der Waals surface area contributed by atoms with Gasteiger partial charge >= 0.3 is 0 Å². The van der Waals surface area contributed by atoms with E-state index in [-0.39, 0.29) is 0 Å². The normalized spacial score (nSPS) is 12.5. The van der Waals surface area contributed by atoms with Gasteiger partial charge in [-0.3, -0.25) is 0 Å². The molecule has 0 saturated heterocycles. The molecule has 0 aliphatic heterocycles. The lowest BCUT2D eigenvalue weighted by atomic mass is 9.93. The summed E-state index contributed by atoms with van der Waals surface area (Å²) in [6.07, 6.45) is 20.9. The van der Waals surface area contributed by atoms with Gasteiger partial charge in [0, 0.05) is 0 Å². The Labute approximate surface area is 135 Å². The van der Waals surface area contributed by atoms with Gasteiger partial charge in [0.25, 0.3) is 0 Å². The van der Waals surface area contributed by atoms with Crippen LogP contribution in [0.15, 0.2) is 12.2 Å². The molecule has 0 aromatic heterocycles. The highest BCUT2D eigenvalue weighted by atomic mass is 14.1. The molecule has 0 fully saturated rings. The first-order chi connectivity index (χ1) is 10.2. The zero-order valence-electron chi connectivity index (χ0n) is 15.4. The standard InChI is InChI=1S/C21H42/c1-5-7-9-11-13-15-17-20(3)19-21(4)18-16-14-12-10-8-6-2/h21H,3,5-19H2,1-2,4H3. The summed E-state index contributed by atoms with van der Waals surface area (Å²) in [7, 11) is 0. The van der Waals surface area contributed by atoms with Crippen molar-refractivity contribution in [3.63, 3.8) is 0 Å². The SMILES string of the molecule is C=C(CCCCCCCC)CC(C)CCCCCCCC. The van der Waals surface area contributed by atoms with E-state index >= 15 is 0 Å². The molecule has 0 amide bonds. The molecule has 0 N–H and O–H groups in total. The zero-order valence-corrected chi connectivity index (χ0v) is 15.4. The van der Waals surface area contributed by atoms with Gasteiger partial charge in [0.2, 0.25) is 0 Å². The first kappa shape index (κ1) is 20.7. The van der Waals surface area contributed by atoms with E-state index in [4.69, 9.17) is 0 Å². The van der Waals surface area contributed by atoms with Crippen LogP contribution < -0.4 is 0 Å². The molecule has 0 rings (SSSR count). The van der Waals surface area contributed by atoms with Crippen LogP contribution in [0.2, 0.25) is 0 Å². The molecule has 1 unspecified atom stereocenters. The molecule has 0 saturated carbocycles. The fourth-order valence-corrected chi connectivity index (χ4v) is 3.13. The molecule has 1 atom stereocenters. The third-order valence-electron chi connectivity index (χ3n) is 4.57. The second-order valence-corrected chi connectivity index (χ2v) is 7.13. The second kappa shape index (κ2) is 16.1. The van der Waals surface area contributed by atoms with Gasteiger partial charge in [-0.05, 0) is 25.2 Å². The molecule has 0 aliphatic carbocycles. The fraction of sp³-hybridized carbons (Fsp3) is 0.905. The number of rotatable bonds is 16. The number of hydrogen-bond acceptors (Lipinski definition) is 0. The summed E-state index contributed by atoms with van der Waals surface area (Å²) in [6.45, 7) is 11.3. The van der Waals surface area contributed by atoms with E-state index in [1.165, 1.54) is 102 Å². The van der Waals surface area contributed by atoms with E-state index in [2.05, 4.69) is 27.4 Å². The van der Waals surface area contributed by atoms with Crippen LogP contribution >= 0.6 is 0 Å². The molecule has 0 bridgehead atoms. The molecule has 0 aromatic carbocycles. The Kier molecular flexibility index (Phi) is 15.9. The molecule has 21 heavy (non-hydrogen) atoms. The van der Waals surface area contributed by atoms with Crippen LogP contribution in [-0.2, 0) is 0 Å². The van der Waals surface area contributed by atoms with Crippen LogP contribution in [0.4, 0.5) is 0 Å². The Morgan fingerprint density at radius 2 is 1.19 bits per heavy atom. The maximum Gasteiger partial charge on any atom is -0.0297 e. The minimum absolute atomic E-state index is 0.851. The van der Waals surface area contributed by atoms with Crippen molar-refractivity contribution in [1.82, 2.24) is 0 Å². The van der Waals surface area contributed by atoms with Crippen LogP contribution in [0.1, 0.15) is 117 Å².